The molecule has 1 fully saturated rings. The molecule has 5 heteroatoms. The van der Waals surface area contributed by atoms with Gasteiger partial charge in [0.15, 0.2) is 12.3 Å². The van der Waals surface area contributed by atoms with Crippen LogP contribution in [0.1, 0.15) is 12.5 Å². The molecule has 0 saturated carbocycles. The third-order valence-electron chi connectivity index (χ3n) is 3.21. The van der Waals surface area contributed by atoms with E-state index in [2.05, 4.69) is 0 Å². The van der Waals surface area contributed by atoms with Crippen molar-refractivity contribution < 1.29 is 19.4 Å². The van der Waals surface area contributed by atoms with Crippen LogP contribution in [-0.4, -0.2) is 48.1 Å². The molecule has 0 radical (unpaired) electrons. The van der Waals surface area contributed by atoms with Crippen LogP contribution in [0.3, 0.4) is 0 Å². The van der Waals surface area contributed by atoms with E-state index < -0.39 is 24.4 Å². The quantitative estimate of drug-likeness (QED) is 0.815. The van der Waals surface area contributed by atoms with Gasteiger partial charge < -0.3 is 14.6 Å². The number of nitrogens with zero attached hydrogens (tertiary/aromatic N) is 1. The Kier molecular flexibility index (Phi) is 4.52. The summed E-state index contributed by atoms with van der Waals surface area (Å²) in [5, 5.41) is 9.99. The van der Waals surface area contributed by atoms with E-state index in [0.717, 1.165) is 5.56 Å². The number of ether oxygens (including phenoxy) is 2. The van der Waals surface area contributed by atoms with E-state index in [4.69, 9.17) is 9.47 Å². The number of carbonyl (C=O) groups excluding carboxylic acids is 1. The molecule has 5 nitrogen and oxygen atoms in total. The first-order chi connectivity index (χ1) is 9.11. The maximum Gasteiger partial charge on any atom is 0.303 e. The van der Waals surface area contributed by atoms with E-state index in [1.165, 1.54) is 6.92 Å². The number of benzene rings is 1. The second-order valence-corrected chi connectivity index (χ2v) is 4.68. The van der Waals surface area contributed by atoms with Crippen LogP contribution in [0.4, 0.5) is 0 Å². The number of carbonyl (C=O) groups is 1. The first-order valence-electron chi connectivity index (χ1n) is 6.28. The lowest BCUT2D eigenvalue weighted by Gasteiger charge is -2.26. The number of aliphatic hydroxyl groups is 1. The van der Waals surface area contributed by atoms with Crippen LogP contribution in [0, 0.1) is 0 Å². The highest BCUT2D eigenvalue weighted by molar-refractivity contribution is 5.66. The summed E-state index contributed by atoms with van der Waals surface area (Å²) in [4.78, 5) is 13.0. The highest BCUT2D eigenvalue weighted by atomic mass is 16.6. The van der Waals surface area contributed by atoms with Crippen molar-refractivity contribution in [3.63, 3.8) is 0 Å². The number of methoxy groups -OCH3 is 1. The predicted octanol–water partition coefficient (Wildman–Crippen LogP) is 0.767. The predicted molar refractivity (Wildman–Crippen MR) is 69.2 cm³/mol. The largest absolute Gasteiger partial charge is 0.455 e. The molecule has 0 aromatic heterocycles. The molecule has 0 bridgehead atoms. The van der Waals surface area contributed by atoms with Gasteiger partial charge in [0.1, 0.15) is 6.10 Å². The average molecular weight is 265 g/mol. The Balaban J connectivity index is 2.07. The van der Waals surface area contributed by atoms with Gasteiger partial charge in [-0.15, -0.1) is 0 Å². The number of β-amino-alcohol motifs (C(OH)–C–C–N with tert-alkyl or cyclic N) is 1. The Hall–Kier alpha value is -1.43. The van der Waals surface area contributed by atoms with Gasteiger partial charge in [0.25, 0.3) is 0 Å². The molecule has 1 aliphatic rings. The van der Waals surface area contributed by atoms with Crippen LogP contribution < -0.4 is 0 Å². The number of hydrogen-bond acceptors (Lipinski definition) is 5. The Morgan fingerprint density at radius 2 is 2.11 bits per heavy atom. The Labute approximate surface area is 112 Å². The summed E-state index contributed by atoms with van der Waals surface area (Å²) in [6.45, 7) is 2.40. The van der Waals surface area contributed by atoms with E-state index >= 15 is 0 Å². The molecule has 2 rings (SSSR count). The van der Waals surface area contributed by atoms with E-state index in [0.29, 0.717) is 13.1 Å². The van der Waals surface area contributed by atoms with E-state index in [1.807, 2.05) is 35.2 Å². The number of aliphatic hydroxyl groups excluding tert-OH is 1. The molecule has 1 aliphatic heterocycles. The standard InChI is InChI=1S/C14H19NO4/c1-10(16)19-13-12(17)9-15(14(13)18-2)8-11-6-4-3-5-7-11/h3-7,12-14,17H,8-9H2,1-2H3. The third-order valence-corrected chi connectivity index (χ3v) is 3.21. The van der Waals surface area contributed by atoms with Gasteiger partial charge in [0, 0.05) is 27.1 Å². The smallest absolute Gasteiger partial charge is 0.303 e. The molecule has 104 valence electrons. The van der Waals surface area contributed by atoms with Crippen molar-refractivity contribution in [2.45, 2.75) is 31.9 Å². The van der Waals surface area contributed by atoms with Crippen molar-refractivity contribution in [1.29, 1.82) is 0 Å². The first-order valence-corrected chi connectivity index (χ1v) is 6.28. The molecule has 0 amide bonds. The summed E-state index contributed by atoms with van der Waals surface area (Å²) >= 11 is 0. The summed E-state index contributed by atoms with van der Waals surface area (Å²) in [6.07, 6.45) is -1.78. The molecule has 1 N–H and O–H groups in total. The molecule has 1 aromatic carbocycles. The summed E-state index contributed by atoms with van der Waals surface area (Å²) in [5.74, 6) is -0.410. The van der Waals surface area contributed by atoms with E-state index in [-0.39, 0.29) is 0 Å². The fraction of sp³-hybridized carbons (Fsp3) is 0.500. The number of esters is 1. The van der Waals surface area contributed by atoms with Crippen molar-refractivity contribution in [2.75, 3.05) is 13.7 Å². The summed E-state index contributed by atoms with van der Waals surface area (Å²) in [5.41, 5.74) is 1.13. The molecule has 3 atom stereocenters. The molecule has 1 aromatic rings. The van der Waals surface area contributed by atoms with Gasteiger partial charge in [-0.25, -0.2) is 0 Å². The Bertz CT molecular complexity index is 423. The normalized spacial score (nSPS) is 27.4. The maximum absolute atomic E-state index is 11.1. The second-order valence-electron chi connectivity index (χ2n) is 4.68. The minimum Gasteiger partial charge on any atom is -0.455 e. The van der Waals surface area contributed by atoms with Crippen molar-refractivity contribution in [1.82, 2.24) is 4.90 Å². The fourth-order valence-corrected chi connectivity index (χ4v) is 2.43. The lowest BCUT2D eigenvalue weighted by atomic mass is 10.2. The SMILES string of the molecule is COC1C(OC(C)=O)C(O)CN1Cc1ccccc1. The summed E-state index contributed by atoms with van der Waals surface area (Å²) < 4.78 is 10.5. The van der Waals surface area contributed by atoms with Crippen LogP contribution in [0.2, 0.25) is 0 Å². The molecule has 0 aliphatic carbocycles. The Morgan fingerprint density at radius 1 is 1.42 bits per heavy atom. The van der Waals surface area contributed by atoms with Crippen molar-refractivity contribution in [3.8, 4) is 0 Å². The van der Waals surface area contributed by atoms with Gasteiger partial charge in [0.05, 0.1) is 0 Å². The lowest BCUT2D eigenvalue weighted by Crippen LogP contribution is -2.39. The van der Waals surface area contributed by atoms with Crippen LogP contribution >= 0.6 is 0 Å². The van der Waals surface area contributed by atoms with Crippen LogP contribution in [-0.2, 0) is 20.8 Å². The zero-order chi connectivity index (χ0) is 13.8. The van der Waals surface area contributed by atoms with Crippen LogP contribution in [0.15, 0.2) is 30.3 Å². The zero-order valence-electron chi connectivity index (χ0n) is 11.2. The molecule has 19 heavy (non-hydrogen) atoms. The van der Waals surface area contributed by atoms with E-state index in [1.54, 1.807) is 7.11 Å². The average Bonchev–Trinajstić information content (AvgIpc) is 2.66. The molecule has 3 unspecified atom stereocenters. The molecule has 1 heterocycles. The molecule has 1 saturated heterocycles. The van der Waals surface area contributed by atoms with Crippen LogP contribution in [0.25, 0.3) is 0 Å². The van der Waals surface area contributed by atoms with Gasteiger partial charge >= 0.3 is 5.97 Å². The van der Waals surface area contributed by atoms with Gasteiger partial charge in [-0.1, -0.05) is 30.3 Å². The number of hydrogen-bond donors (Lipinski definition) is 1. The highest BCUT2D eigenvalue weighted by Gasteiger charge is 2.43. The minimum atomic E-state index is -0.724. The van der Waals surface area contributed by atoms with Gasteiger partial charge in [-0.05, 0) is 5.56 Å². The third kappa shape index (κ3) is 3.32. The lowest BCUT2D eigenvalue weighted by molar-refractivity contribution is -0.162. The maximum atomic E-state index is 11.1. The molecular formula is C14H19NO4. The van der Waals surface area contributed by atoms with Crippen molar-refractivity contribution >= 4 is 5.97 Å². The van der Waals surface area contributed by atoms with Gasteiger partial charge in [-0.2, -0.15) is 0 Å². The monoisotopic (exact) mass is 265 g/mol. The topological polar surface area (TPSA) is 59.0 Å². The Morgan fingerprint density at radius 3 is 2.68 bits per heavy atom. The van der Waals surface area contributed by atoms with Gasteiger partial charge in [0.2, 0.25) is 0 Å². The second kappa shape index (κ2) is 6.14. The molecular weight excluding hydrogens is 246 g/mol. The number of likely N-dealkylation sites (tertiary alicyclic amines) is 1. The zero-order valence-corrected chi connectivity index (χ0v) is 11.2. The van der Waals surface area contributed by atoms with Crippen LogP contribution in [0.5, 0.6) is 0 Å². The minimum absolute atomic E-state index is 0.410. The molecule has 0 spiro atoms. The van der Waals surface area contributed by atoms with Gasteiger partial charge in [-0.3, -0.25) is 9.69 Å². The summed E-state index contributed by atoms with van der Waals surface area (Å²) in [7, 11) is 1.55. The first kappa shape index (κ1) is 14.0. The van der Waals surface area contributed by atoms with Crippen molar-refractivity contribution in [3.05, 3.63) is 35.9 Å². The van der Waals surface area contributed by atoms with E-state index in [9.17, 15) is 9.90 Å². The fourth-order valence-electron chi connectivity index (χ4n) is 2.43. The highest BCUT2D eigenvalue weighted by Crippen LogP contribution is 2.24. The number of rotatable bonds is 4. The summed E-state index contributed by atoms with van der Waals surface area (Å²) in [6, 6.07) is 9.91. The van der Waals surface area contributed by atoms with Crippen molar-refractivity contribution in [2.24, 2.45) is 0 Å².